The second-order valence-electron chi connectivity index (χ2n) is 11.3. The van der Waals surface area contributed by atoms with Crippen LogP contribution in [0.5, 0.6) is 5.75 Å². The van der Waals surface area contributed by atoms with E-state index in [2.05, 4.69) is 32.0 Å². The van der Waals surface area contributed by atoms with Gasteiger partial charge in [0, 0.05) is 24.2 Å². The predicted molar refractivity (Wildman–Crippen MR) is 166 cm³/mol. The maximum atomic E-state index is 15.7. The molecule has 6 aromatic rings. The first-order chi connectivity index (χ1) is 21.4. The van der Waals surface area contributed by atoms with Gasteiger partial charge in [0.05, 0.1) is 36.2 Å². The molecule has 0 aliphatic heterocycles. The van der Waals surface area contributed by atoms with Crippen LogP contribution in [0.15, 0.2) is 91.4 Å². The normalized spacial score (nSPS) is 12.9. The number of rotatable bonds is 9. The molecule has 0 bridgehead atoms. The fraction of sp³-hybridized carbons (Fsp3) is 0.194. The molecule has 0 atom stereocenters. The third kappa shape index (κ3) is 5.57. The minimum Gasteiger partial charge on any atom is -0.489 e. The zero-order valence-corrected chi connectivity index (χ0v) is 24.2. The van der Waals surface area contributed by atoms with E-state index in [-0.39, 0.29) is 18.1 Å². The molecule has 2 heterocycles. The van der Waals surface area contributed by atoms with Crippen LogP contribution in [0.25, 0.3) is 27.0 Å². The summed E-state index contributed by atoms with van der Waals surface area (Å²) in [7, 11) is 0. The van der Waals surface area contributed by atoms with Crippen LogP contribution in [0.3, 0.4) is 0 Å². The summed E-state index contributed by atoms with van der Waals surface area (Å²) < 4.78 is 40.2. The number of benzene rings is 4. The molecule has 8 heteroatoms. The van der Waals surface area contributed by atoms with Crippen molar-refractivity contribution in [1.82, 2.24) is 19.1 Å². The maximum absolute atomic E-state index is 15.7. The van der Waals surface area contributed by atoms with Crippen LogP contribution in [0.4, 0.5) is 14.5 Å². The molecule has 218 valence electrons. The van der Waals surface area contributed by atoms with Crippen LogP contribution in [0.1, 0.15) is 47.1 Å². The van der Waals surface area contributed by atoms with Crippen molar-refractivity contribution in [3.63, 3.8) is 0 Å². The molecule has 44 heavy (non-hydrogen) atoms. The highest BCUT2D eigenvalue weighted by atomic mass is 19.1. The van der Waals surface area contributed by atoms with E-state index in [1.807, 2.05) is 55.0 Å². The maximum Gasteiger partial charge on any atom is 0.190 e. The van der Waals surface area contributed by atoms with Gasteiger partial charge in [-0.2, -0.15) is 0 Å². The zero-order chi connectivity index (χ0) is 30.2. The second kappa shape index (κ2) is 11.4. The molecule has 7 rings (SSSR count). The van der Waals surface area contributed by atoms with Crippen LogP contribution >= 0.6 is 0 Å². The fourth-order valence-electron chi connectivity index (χ4n) is 5.58. The standard InChI is InChI=1S/C36H29F2N5O/c1-23-6-13-34-35(14-23)42(20-30-19-40-22-43(30)29-11-12-29)36(41-34)17-26-8-7-25(16-32(26)37)24-4-3-5-31(15-24)44-21-27-9-10-28(39-2)18-33(27)38/h3-10,13-16,18-19,22,29H,11-12,17,20-21H2,1H3. The number of hydrogen-bond acceptors (Lipinski definition) is 3. The first-order valence-electron chi connectivity index (χ1n) is 14.6. The summed E-state index contributed by atoms with van der Waals surface area (Å²) in [5.74, 6) is 0.543. The largest absolute Gasteiger partial charge is 0.489 e. The number of imidazole rings is 2. The van der Waals surface area contributed by atoms with E-state index >= 15 is 4.39 Å². The van der Waals surface area contributed by atoms with Gasteiger partial charge < -0.3 is 13.9 Å². The minimum atomic E-state index is -0.482. The highest BCUT2D eigenvalue weighted by Crippen LogP contribution is 2.36. The minimum absolute atomic E-state index is 0.0167. The number of aryl methyl sites for hydroxylation is 1. The van der Waals surface area contributed by atoms with Gasteiger partial charge in [-0.05, 0) is 78.4 Å². The van der Waals surface area contributed by atoms with E-state index < -0.39 is 5.82 Å². The van der Waals surface area contributed by atoms with Crippen molar-refractivity contribution in [2.75, 3.05) is 0 Å². The summed E-state index contributed by atoms with van der Waals surface area (Å²) in [4.78, 5) is 12.6. The molecule has 1 aliphatic rings. The summed E-state index contributed by atoms with van der Waals surface area (Å²) >= 11 is 0. The smallest absolute Gasteiger partial charge is 0.190 e. The van der Waals surface area contributed by atoms with E-state index in [9.17, 15) is 4.39 Å². The highest BCUT2D eigenvalue weighted by Gasteiger charge is 2.26. The monoisotopic (exact) mass is 585 g/mol. The van der Waals surface area contributed by atoms with Crippen molar-refractivity contribution in [2.24, 2.45) is 0 Å². The molecule has 6 nitrogen and oxygen atoms in total. The second-order valence-corrected chi connectivity index (χ2v) is 11.3. The lowest BCUT2D eigenvalue weighted by Crippen LogP contribution is -2.10. The fourth-order valence-corrected chi connectivity index (χ4v) is 5.58. The molecular weight excluding hydrogens is 556 g/mol. The Morgan fingerprint density at radius 2 is 1.75 bits per heavy atom. The summed E-state index contributed by atoms with van der Waals surface area (Å²) in [6.07, 6.45) is 6.51. The molecular formula is C36H29F2N5O. The number of nitrogens with zero attached hydrogens (tertiary/aromatic N) is 5. The lowest BCUT2D eigenvalue weighted by atomic mass is 10.0. The van der Waals surface area contributed by atoms with E-state index in [4.69, 9.17) is 16.3 Å². The molecule has 0 N–H and O–H groups in total. The van der Waals surface area contributed by atoms with Crippen LogP contribution < -0.4 is 4.74 Å². The predicted octanol–water partition coefficient (Wildman–Crippen LogP) is 8.59. The van der Waals surface area contributed by atoms with Gasteiger partial charge in [-0.3, -0.25) is 0 Å². The molecule has 0 spiro atoms. The van der Waals surface area contributed by atoms with Gasteiger partial charge in [-0.15, -0.1) is 0 Å². The van der Waals surface area contributed by atoms with Gasteiger partial charge in [0.15, 0.2) is 5.69 Å². The van der Waals surface area contributed by atoms with Crippen molar-refractivity contribution in [1.29, 1.82) is 0 Å². The molecule has 0 amide bonds. The van der Waals surface area contributed by atoms with Gasteiger partial charge in [0.1, 0.15) is 29.8 Å². The number of ether oxygens (including phenoxy) is 1. The van der Waals surface area contributed by atoms with Gasteiger partial charge in [-0.1, -0.05) is 42.5 Å². The molecule has 0 unspecified atom stereocenters. The average molecular weight is 586 g/mol. The Morgan fingerprint density at radius 1 is 0.932 bits per heavy atom. The Labute approximate surface area is 254 Å². The molecule has 1 aliphatic carbocycles. The van der Waals surface area contributed by atoms with Crippen molar-refractivity contribution in [3.8, 4) is 16.9 Å². The molecule has 2 aromatic heterocycles. The molecule has 0 saturated heterocycles. The number of fused-ring (bicyclic) bond motifs is 1. The van der Waals surface area contributed by atoms with Gasteiger partial charge in [0.2, 0.25) is 0 Å². The third-order valence-corrected chi connectivity index (χ3v) is 8.12. The van der Waals surface area contributed by atoms with E-state index in [0.717, 1.165) is 33.7 Å². The van der Waals surface area contributed by atoms with Gasteiger partial charge in [-0.25, -0.2) is 23.6 Å². The van der Waals surface area contributed by atoms with Gasteiger partial charge in [0.25, 0.3) is 0 Å². The first kappa shape index (κ1) is 27.5. The Balaban J connectivity index is 1.13. The Kier molecular flexibility index (Phi) is 7.15. The van der Waals surface area contributed by atoms with Crippen LogP contribution in [0.2, 0.25) is 0 Å². The Bertz CT molecular complexity index is 2050. The zero-order valence-electron chi connectivity index (χ0n) is 24.2. The van der Waals surface area contributed by atoms with Crippen LogP contribution in [-0.4, -0.2) is 19.1 Å². The van der Waals surface area contributed by atoms with E-state index in [1.165, 1.54) is 25.0 Å². The van der Waals surface area contributed by atoms with Crippen molar-refractivity contribution in [3.05, 3.63) is 143 Å². The van der Waals surface area contributed by atoms with Crippen LogP contribution in [-0.2, 0) is 19.6 Å². The molecule has 0 radical (unpaired) electrons. The Morgan fingerprint density at radius 3 is 2.55 bits per heavy atom. The van der Waals surface area contributed by atoms with E-state index in [1.54, 1.807) is 18.2 Å². The van der Waals surface area contributed by atoms with Crippen LogP contribution in [0, 0.1) is 25.1 Å². The molecule has 4 aromatic carbocycles. The average Bonchev–Trinajstić information content (AvgIpc) is 3.68. The van der Waals surface area contributed by atoms with Crippen molar-refractivity contribution in [2.45, 2.75) is 45.4 Å². The summed E-state index contributed by atoms with van der Waals surface area (Å²) in [6, 6.07) is 23.6. The van der Waals surface area contributed by atoms with Crippen molar-refractivity contribution >= 4 is 16.7 Å². The van der Waals surface area contributed by atoms with E-state index in [0.29, 0.717) is 41.4 Å². The summed E-state index contributed by atoms with van der Waals surface area (Å²) in [5.41, 5.74) is 6.83. The van der Waals surface area contributed by atoms with Crippen molar-refractivity contribution < 1.29 is 13.5 Å². The highest BCUT2D eigenvalue weighted by molar-refractivity contribution is 5.77. The Hall–Kier alpha value is -5.29. The first-order valence-corrected chi connectivity index (χ1v) is 14.6. The number of halogens is 2. The number of aromatic nitrogens is 4. The summed E-state index contributed by atoms with van der Waals surface area (Å²) in [5, 5.41) is 0. The topological polar surface area (TPSA) is 49.2 Å². The number of hydrogen-bond donors (Lipinski definition) is 0. The lowest BCUT2D eigenvalue weighted by molar-refractivity contribution is 0.300. The van der Waals surface area contributed by atoms with Gasteiger partial charge >= 0.3 is 0 Å². The SMILES string of the molecule is [C-]#[N+]c1ccc(COc2cccc(-c3ccc(Cc4nc5ccc(C)cc5n4Cc4cncn4C4CC4)c(F)c3)c2)c(F)c1. The molecule has 1 fully saturated rings. The summed E-state index contributed by atoms with van der Waals surface area (Å²) in [6.45, 7) is 9.73. The third-order valence-electron chi connectivity index (χ3n) is 8.12. The lowest BCUT2D eigenvalue weighted by Gasteiger charge is -2.13. The molecule has 1 saturated carbocycles. The quantitative estimate of drug-likeness (QED) is 0.160.